The zero-order valence-electron chi connectivity index (χ0n) is 22.6. The van der Waals surface area contributed by atoms with Gasteiger partial charge < -0.3 is 15.0 Å². The van der Waals surface area contributed by atoms with Crippen LogP contribution in [0.5, 0.6) is 5.75 Å². The second-order valence-corrected chi connectivity index (χ2v) is 10.9. The van der Waals surface area contributed by atoms with Gasteiger partial charge in [0.05, 0.1) is 0 Å². The standard InChI is InChI=1S/C34H35ClN2O3/c35-28-20-18-26(19-21-28)23-37(33(38)24-40-32-17-9-13-27-12-7-8-16-30(27)32)31(22-25-10-3-1-4-11-25)34(39)36-29-14-5-2-6-15-29/h1,3-4,7-13,16-21,29,31H,2,5-6,14-15,22-24H2,(H,36,39). The Morgan fingerprint density at radius 2 is 1.52 bits per heavy atom. The number of ether oxygens (including phenoxy) is 1. The number of nitrogens with one attached hydrogen (secondary N) is 1. The molecule has 1 aliphatic carbocycles. The number of halogens is 1. The molecule has 4 aromatic rings. The van der Waals surface area contributed by atoms with E-state index in [0.29, 0.717) is 17.2 Å². The van der Waals surface area contributed by atoms with Gasteiger partial charge in [0.15, 0.2) is 6.61 Å². The summed E-state index contributed by atoms with van der Waals surface area (Å²) in [6.07, 6.45) is 5.78. The van der Waals surface area contributed by atoms with Crippen LogP contribution >= 0.6 is 11.6 Å². The van der Waals surface area contributed by atoms with Crippen LogP contribution < -0.4 is 10.1 Å². The van der Waals surface area contributed by atoms with E-state index in [-0.39, 0.29) is 31.0 Å². The quantitative estimate of drug-likeness (QED) is 0.230. The molecule has 206 valence electrons. The first-order valence-corrected chi connectivity index (χ1v) is 14.4. The molecule has 1 unspecified atom stereocenters. The molecule has 6 heteroatoms. The summed E-state index contributed by atoms with van der Waals surface area (Å²) < 4.78 is 6.10. The summed E-state index contributed by atoms with van der Waals surface area (Å²) in [4.78, 5) is 29.5. The minimum atomic E-state index is -0.691. The highest BCUT2D eigenvalue weighted by atomic mass is 35.5. The van der Waals surface area contributed by atoms with Crippen molar-refractivity contribution in [2.45, 2.75) is 57.2 Å². The number of rotatable bonds is 10. The monoisotopic (exact) mass is 554 g/mol. The highest BCUT2D eigenvalue weighted by Crippen LogP contribution is 2.26. The van der Waals surface area contributed by atoms with Crippen molar-refractivity contribution in [3.05, 3.63) is 113 Å². The fourth-order valence-corrected chi connectivity index (χ4v) is 5.55. The summed E-state index contributed by atoms with van der Waals surface area (Å²) in [5, 5.41) is 5.88. The maximum atomic E-state index is 13.9. The lowest BCUT2D eigenvalue weighted by atomic mass is 9.94. The van der Waals surface area contributed by atoms with Gasteiger partial charge in [0.25, 0.3) is 5.91 Å². The maximum Gasteiger partial charge on any atom is 0.261 e. The number of fused-ring (bicyclic) bond motifs is 1. The third-order valence-corrected chi connectivity index (χ3v) is 7.84. The number of carbonyl (C=O) groups excluding carboxylic acids is 2. The van der Waals surface area contributed by atoms with Gasteiger partial charge in [0.1, 0.15) is 11.8 Å². The molecular formula is C34H35ClN2O3. The topological polar surface area (TPSA) is 58.6 Å². The van der Waals surface area contributed by atoms with Crippen LogP contribution in [0.3, 0.4) is 0 Å². The lowest BCUT2D eigenvalue weighted by Gasteiger charge is -2.33. The molecule has 0 heterocycles. The van der Waals surface area contributed by atoms with E-state index in [1.807, 2.05) is 84.9 Å². The normalized spacial score (nSPS) is 14.4. The number of hydrogen-bond acceptors (Lipinski definition) is 3. The third-order valence-electron chi connectivity index (χ3n) is 7.59. The van der Waals surface area contributed by atoms with Crippen LogP contribution in [0.25, 0.3) is 10.8 Å². The minimum absolute atomic E-state index is 0.122. The van der Waals surface area contributed by atoms with Gasteiger partial charge in [-0.3, -0.25) is 9.59 Å². The van der Waals surface area contributed by atoms with Crippen LogP contribution in [0, 0.1) is 0 Å². The summed E-state index contributed by atoms with van der Waals surface area (Å²) >= 11 is 6.14. The van der Waals surface area contributed by atoms with Gasteiger partial charge in [-0.1, -0.05) is 110 Å². The second kappa shape index (κ2) is 13.5. The molecule has 0 aliphatic heterocycles. The zero-order chi connectivity index (χ0) is 27.7. The van der Waals surface area contributed by atoms with Gasteiger partial charge in [0, 0.05) is 29.4 Å². The average Bonchev–Trinajstić information content (AvgIpc) is 2.99. The van der Waals surface area contributed by atoms with Gasteiger partial charge in [-0.2, -0.15) is 0 Å². The molecule has 1 atom stereocenters. The number of nitrogens with zero attached hydrogens (tertiary/aromatic N) is 1. The van der Waals surface area contributed by atoms with Crippen molar-refractivity contribution in [3.8, 4) is 5.75 Å². The Morgan fingerprint density at radius 3 is 2.30 bits per heavy atom. The molecule has 0 aromatic heterocycles. The predicted molar refractivity (Wildman–Crippen MR) is 160 cm³/mol. The lowest BCUT2D eigenvalue weighted by Crippen LogP contribution is -2.53. The smallest absolute Gasteiger partial charge is 0.261 e. The Bertz CT molecular complexity index is 1410. The molecular weight excluding hydrogens is 520 g/mol. The average molecular weight is 555 g/mol. The summed E-state index contributed by atoms with van der Waals surface area (Å²) in [5.74, 6) is 0.273. The van der Waals surface area contributed by atoms with Crippen LogP contribution in [0.15, 0.2) is 97.1 Å². The second-order valence-electron chi connectivity index (χ2n) is 10.5. The molecule has 0 radical (unpaired) electrons. The highest BCUT2D eigenvalue weighted by molar-refractivity contribution is 6.30. The SMILES string of the molecule is O=C(NC1CCCCC1)C(Cc1ccccc1)N(Cc1ccc(Cl)cc1)C(=O)COc1cccc2ccccc12. The van der Waals surface area contributed by atoms with E-state index < -0.39 is 6.04 Å². The molecule has 0 bridgehead atoms. The van der Waals surface area contributed by atoms with Crippen molar-refractivity contribution >= 4 is 34.2 Å². The van der Waals surface area contributed by atoms with E-state index in [2.05, 4.69) is 5.32 Å². The van der Waals surface area contributed by atoms with Crippen LogP contribution in [0.1, 0.15) is 43.2 Å². The molecule has 5 rings (SSSR count). The molecule has 40 heavy (non-hydrogen) atoms. The van der Waals surface area contributed by atoms with Crippen molar-refractivity contribution in [2.75, 3.05) is 6.61 Å². The number of benzene rings is 4. The Labute approximate surface area is 241 Å². The Morgan fingerprint density at radius 1 is 0.825 bits per heavy atom. The highest BCUT2D eigenvalue weighted by Gasteiger charge is 2.32. The van der Waals surface area contributed by atoms with E-state index in [0.717, 1.165) is 47.6 Å². The Balaban J connectivity index is 1.43. The summed E-state index contributed by atoms with van der Waals surface area (Å²) in [6.45, 7) is 0.0914. The molecule has 1 saturated carbocycles. The van der Waals surface area contributed by atoms with Gasteiger partial charge in [0.2, 0.25) is 5.91 Å². The summed E-state index contributed by atoms with van der Waals surface area (Å²) in [6, 6.07) is 30.5. The first-order chi connectivity index (χ1) is 19.6. The molecule has 2 amide bonds. The molecule has 1 N–H and O–H groups in total. The van der Waals surface area contributed by atoms with E-state index in [4.69, 9.17) is 16.3 Å². The molecule has 4 aromatic carbocycles. The van der Waals surface area contributed by atoms with Crippen LogP contribution in [-0.2, 0) is 22.6 Å². The zero-order valence-corrected chi connectivity index (χ0v) is 23.4. The van der Waals surface area contributed by atoms with E-state index in [9.17, 15) is 9.59 Å². The van der Waals surface area contributed by atoms with Gasteiger partial charge in [-0.05, 0) is 47.6 Å². The first kappa shape index (κ1) is 27.7. The van der Waals surface area contributed by atoms with Gasteiger partial charge in [-0.25, -0.2) is 0 Å². The fourth-order valence-electron chi connectivity index (χ4n) is 5.43. The maximum absolute atomic E-state index is 13.9. The Kier molecular flexibility index (Phi) is 9.35. The number of amides is 2. The van der Waals surface area contributed by atoms with E-state index >= 15 is 0 Å². The molecule has 1 fully saturated rings. The van der Waals surface area contributed by atoms with Crippen molar-refractivity contribution in [3.63, 3.8) is 0 Å². The van der Waals surface area contributed by atoms with Crippen molar-refractivity contribution in [1.29, 1.82) is 0 Å². The molecule has 5 nitrogen and oxygen atoms in total. The Hall–Kier alpha value is -3.83. The summed E-state index contributed by atoms with van der Waals surface area (Å²) in [7, 11) is 0. The lowest BCUT2D eigenvalue weighted by molar-refractivity contribution is -0.143. The van der Waals surface area contributed by atoms with E-state index in [1.165, 1.54) is 6.42 Å². The van der Waals surface area contributed by atoms with E-state index in [1.54, 1.807) is 17.0 Å². The third kappa shape index (κ3) is 7.22. The minimum Gasteiger partial charge on any atom is -0.483 e. The number of carbonyl (C=O) groups is 2. The van der Waals surface area contributed by atoms with Crippen molar-refractivity contribution in [2.24, 2.45) is 0 Å². The largest absolute Gasteiger partial charge is 0.483 e. The van der Waals surface area contributed by atoms with Crippen LogP contribution in [0.4, 0.5) is 0 Å². The van der Waals surface area contributed by atoms with Gasteiger partial charge >= 0.3 is 0 Å². The fraction of sp³-hybridized carbons (Fsp3) is 0.294. The van der Waals surface area contributed by atoms with Gasteiger partial charge in [-0.15, -0.1) is 0 Å². The summed E-state index contributed by atoms with van der Waals surface area (Å²) in [5.41, 5.74) is 1.89. The van der Waals surface area contributed by atoms with Crippen LogP contribution in [0.2, 0.25) is 5.02 Å². The predicted octanol–water partition coefficient (Wildman–Crippen LogP) is 6.96. The molecule has 0 saturated heterocycles. The molecule has 1 aliphatic rings. The number of hydrogen-bond donors (Lipinski definition) is 1. The van der Waals surface area contributed by atoms with Crippen LogP contribution in [-0.4, -0.2) is 35.4 Å². The molecule has 0 spiro atoms. The first-order valence-electron chi connectivity index (χ1n) is 14.1. The van der Waals surface area contributed by atoms with Crippen molar-refractivity contribution in [1.82, 2.24) is 10.2 Å². The van der Waals surface area contributed by atoms with Crippen molar-refractivity contribution < 1.29 is 14.3 Å².